The second kappa shape index (κ2) is 5.48. The summed E-state index contributed by atoms with van der Waals surface area (Å²) in [6.45, 7) is 2.11. The second-order valence-electron chi connectivity index (χ2n) is 4.04. The fourth-order valence-electron chi connectivity index (χ4n) is 1.22. The molecule has 1 aromatic rings. The van der Waals surface area contributed by atoms with Gasteiger partial charge in [-0.1, -0.05) is 0 Å². The minimum absolute atomic E-state index is 0.255. The molecule has 0 fully saturated rings. The molecular formula is C11H18N2O3S. The van der Waals surface area contributed by atoms with Gasteiger partial charge in [-0.3, -0.25) is 0 Å². The van der Waals surface area contributed by atoms with Crippen molar-refractivity contribution in [3.8, 4) is 0 Å². The van der Waals surface area contributed by atoms with Crippen LogP contribution in [0.2, 0.25) is 0 Å². The van der Waals surface area contributed by atoms with Crippen LogP contribution in [0, 0.1) is 0 Å². The first-order chi connectivity index (χ1) is 7.84. The molecule has 0 heterocycles. The largest absolute Gasteiger partial charge is 0.392 e. The number of hydrogen-bond acceptors (Lipinski definition) is 4. The number of anilines is 1. The van der Waals surface area contributed by atoms with E-state index in [0.717, 1.165) is 5.69 Å². The third-order valence-electron chi connectivity index (χ3n) is 2.23. The van der Waals surface area contributed by atoms with Crippen molar-refractivity contribution in [3.05, 3.63) is 24.3 Å². The third kappa shape index (κ3) is 3.69. The summed E-state index contributed by atoms with van der Waals surface area (Å²) in [6, 6.07) is 6.44. The van der Waals surface area contributed by atoms with E-state index in [1.807, 2.05) is 0 Å². The summed E-state index contributed by atoms with van der Waals surface area (Å²) in [5.41, 5.74) is 0.781. The van der Waals surface area contributed by atoms with Crippen LogP contribution in [0.4, 0.5) is 5.69 Å². The number of hydrogen-bond donors (Lipinski definition) is 2. The van der Waals surface area contributed by atoms with E-state index in [9.17, 15) is 8.42 Å². The van der Waals surface area contributed by atoms with E-state index < -0.39 is 16.1 Å². The zero-order chi connectivity index (χ0) is 13.1. The molecule has 0 spiro atoms. The van der Waals surface area contributed by atoms with Gasteiger partial charge in [0.2, 0.25) is 10.0 Å². The second-order valence-corrected chi connectivity index (χ2v) is 6.19. The Morgan fingerprint density at radius 3 is 2.24 bits per heavy atom. The van der Waals surface area contributed by atoms with Gasteiger partial charge in [0, 0.05) is 26.3 Å². The van der Waals surface area contributed by atoms with E-state index in [1.54, 1.807) is 31.2 Å². The Bertz CT molecular complexity index is 452. The van der Waals surface area contributed by atoms with Gasteiger partial charge in [0.15, 0.2) is 0 Å². The summed E-state index contributed by atoms with van der Waals surface area (Å²) in [7, 11) is -0.379. The van der Waals surface area contributed by atoms with Crippen LogP contribution in [0.15, 0.2) is 29.2 Å². The van der Waals surface area contributed by atoms with Crippen LogP contribution in [0.1, 0.15) is 6.92 Å². The summed E-state index contributed by atoms with van der Waals surface area (Å²) in [4.78, 5) is 0.255. The fourth-order valence-corrected chi connectivity index (χ4v) is 2.12. The zero-order valence-electron chi connectivity index (χ0n) is 10.2. The predicted octanol–water partition coefficient (Wildman–Crippen LogP) is 0.730. The van der Waals surface area contributed by atoms with Crippen LogP contribution in [0.5, 0.6) is 0 Å². The summed E-state index contributed by atoms with van der Waals surface area (Å²) in [5.74, 6) is 0. The van der Waals surface area contributed by atoms with Gasteiger partial charge in [0.25, 0.3) is 0 Å². The number of benzene rings is 1. The molecule has 1 aromatic carbocycles. The van der Waals surface area contributed by atoms with Gasteiger partial charge in [0.05, 0.1) is 11.0 Å². The predicted molar refractivity (Wildman–Crippen MR) is 67.5 cm³/mol. The minimum atomic E-state index is -3.37. The highest BCUT2D eigenvalue weighted by Crippen LogP contribution is 2.16. The standard InChI is InChI=1S/C11H18N2O3S/c1-9(14)8-12-10-4-6-11(7-5-10)17(15,16)13(2)3/h4-7,9,12,14H,8H2,1-3H3. The molecule has 0 bridgehead atoms. The maximum Gasteiger partial charge on any atom is 0.242 e. The number of aliphatic hydroxyl groups excluding tert-OH is 1. The lowest BCUT2D eigenvalue weighted by molar-refractivity contribution is 0.208. The Hall–Kier alpha value is -1.11. The van der Waals surface area contributed by atoms with Gasteiger partial charge in [-0.25, -0.2) is 12.7 Å². The van der Waals surface area contributed by atoms with Crippen LogP contribution in [0.25, 0.3) is 0 Å². The van der Waals surface area contributed by atoms with Gasteiger partial charge in [0.1, 0.15) is 0 Å². The van der Waals surface area contributed by atoms with E-state index in [2.05, 4.69) is 5.32 Å². The number of nitrogens with zero attached hydrogens (tertiary/aromatic N) is 1. The molecule has 1 atom stereocenters. The lowest BCUT2D eigenvalue weighted by Gasteiger charge is -2.12. The van der Waals surface area contributed by atoms with Gasteiger partial charge >= 0.3 is 0 Å². The first-order valence-electron chi connectivity index (χ1n) is 5.28. The lowest BCUT2D eigenvalue weighted by Crippen LogP contribution is -2.22. The van der Waals surface area contributed by atoms with Crippen molar-refractivity contribution in [3.63, 3.8) is 0 Å². The quantitative estimate of drug-likeness (QED) is 0.817. The average Bonchev–Trinajstić information content (AvgIpc) is 2.26. The highest BCUT2D eigenvalue weighted by molar-refractivity contribution is 7.89. The van der Waals surface area contributed by atoms with Gasteiger partial charge in [-0.05, 0) is 31.2 Å². The Kier molecular flexibility index (Phi) is 4.50. The molecule has 0 aliphatic heterocycles. The topological polar surface area (TPSA) is 69.6 Å². The molecule has 0 saturated heterocycles. The summed E-state index contributed by atoms with van der Waals surface area (Å²) >= 11 is 0. The van der Waals surface area contributed by atoms with Crippen LogP contribution in [0.3, 0.4) is 0 Å². The summed E-state index contributed by atoms with van der Waals surface area (Å²) < 4.78 is 24.7. The molecule has 0 aliphatic rings. The summed E-state index contributed by atoms with van der Waals surface area (Å²) in [5, 5.41) is 12.1. The molecule has 96 valence electrons. The van der Waals surface area contributed by atoms with Crippen molar-refractivity contribution in [2.45, 2.75) is 17.9 Å². The van der Waals surface area contributed by atoms with E-state index >= 15 is 0 Å². The van der Waals surface area contributed by atoms with Gasteiger partial charge < -0.3 is 10.4 Å². The molecule has 5 nitrogen and oxygen atoms in total. The Balaban J connectivity index is 2.82. The molecule has 0 aromatic heterocycles. The molecule has 0 aliphatic carbocycles. The highest BCUT2D eigenvalue weighted by atomic mass is 32.2. The Morgan fingerprint density at radius 2 is 1.82 bits per heavy atom. The molecule has 1 unspecified atom stereocenters. The van der Waals surface area contributed by atoms with Crippen LogP contribution >= 0.6 is 0 Å². The zero-order valence-corrected chi connectivity index (χ0v) is 11.0. The molecule has 17 heavy (non-hydrogen) atoms. The number of rotatable bonds is 5. The molecule has 2 N–H and O–H groups in total. The number of aliphatic hydroxyl groups is 1. The van der Waals surface area contributed by atoms with Crippen LogP contribution < -0.4 is 5.32 Å². The van der Waals surface area contributed by atoms with Gasteiger partial charge in [-0.15, -0.1) is 0 Å². The smallest absolute Gasteiger partial charge is 0.242 e. The molecular weight excluding hydrogens is 240 g/mol. The molecule has 0 saturated carbocycles. The maximum atomic E-state index is 11.8. The number of sulfonamides is 1. The SMILES string of the molecule is CC(O)CNc1ccc(S(=O)(=O)N(C)C)cc1. The fraction of sp³-hybridized carbons (Fsp3) is 0.455. The van der Waals surface area contributed by atoms with Crippen molar-refractivity contribution in [1.29, 1.82) is 0 Å². The Labute approximate surface area is 102 Å². The highest BCUT2D eigenvalue weighted by Gasteiger charge is 2.16. The van der Waals surface area contributed by atoms with Crippen LogP contribution in [-0.4, -0.2) is 44.6 Å². The lowest BCUT2D eigenvalue weighted by atomic mass is 10.3. The van der Waals surface area contributed by atoms with Crippen molar-refractivity contribution in [1.82, 2.24) is 4.31 Å². The van der Waals surface area contributed by atoms with Crippen molar-refractivity contribution in [2.75, 3.05) is 26.0 Å². The Morgan fingerprint density at radius 1 is 1.29 bits per heavy atom. The van der Waals surface area contributed by atoms with Crippen molar-refractivity contribution < 1.29 is 13.5 Å². The molecule has 0 amide bonds. The molecule has 0 radical (unpaired) electrons. The number of nitrogens with one attached hydrogen (secondary N) is 1. The minimum Gasteiger partial charge on any atom is -0.392 e. The van der Waals surface area contributed by atoms with E-state index in [4.69, 9.17) is 5.11 Å². The first-order valence-corrected chi connectivity index (χ1v) is 6.72. The first kappa shape index (κ1) is 14.0. The van der Waals surface area contributed by atoms with Gasteiger partial charge in [-0.2, -0.15) is 0 Å². The summed E-state index contributed by atoms with van der Waals surface area (Å²) in [6.07, 6.45) is -0.444. The third-order valence-corrected chi connectivity index (χ3v) is 4.06. The molecule has 1 rings (SSSR count). The van der Waals surface area contributed by atoms with E-state index in [-0.39, 0.29) is 4.90 Å². The van der Waals surface area contributed by atoms with E-state index in [1.165, 1.54) is 18.4 Å². The van der Waals surface area contributed by atoms with Crippen LogP contribution in [-0.2, 0) is 10.0 Å². The van der Waals surface area contributed by atoms with Crippen molar-refractivity contribution in [2.24, 2.45) is 0 Å². The monoisotopic (exact) mass is 258 g/mol. The molecule has 6 heteroatoms. The van der Waals surface area contributed by atoms with Crippen molar-refractivity contribution >= 4 is 15.7 Å². The normalized spacial score (nSPS) is 13.7. The van der Waals surface area contributed by atoms with E-state index in [0.29, 0.717) is 6.54 Å². The average molecular weight is 258 g/mol. The maximum absolute atomic E-state index is 11.8.